The van der Waals surface area contributed by atoms with E-state index in [0.29, 0.717) is 30.9 Å². The van der Waals surface area contributed by atoms with Crippen molar-refractivity contribution in [2.75, 3.05) is 18.4 Å². The fourth-order valence-corrected chi connectivity index (χ4v) is 2.94. The molecule has 1 aliphatic rings. The zero-order valence-electron chi connectivity index (χ0n) is 14.9. The molecule has 0 saturated carbocycles. The summed E-state index contributed by atoms with van der Waals surface area (Å²) in [5.74, 6) is -0.793. The molecule has 26 heavy (non-hydrogen) atoms. The van der Waals surface area contributed by atoms with Gasteiger partial charge in [-0.15, -0.1) is 0 Å². The summed E-state index contributed by atoms with van der Waals surface area (Å²) in [6.07, 6.45) is 3.48. The summed E-state index contributed by atoms with van der Waals surface area (Å²) in [4.78, 5) is 45.0. The molecular formula is C17H22N6O3. The number of nitrogens with one attached hydrogen (secondary N) is 2. The molecule has 1 fully saturated rings. The fraction of sp³-hybridized carbons (Fsp3) is 0.471. The average Bonchev–Trinajstić information content (AvgIpc) is 3.01. The lowest BCUT2D eigenvalue weighted by Crippen LogP contribution is -2.42. The van der Waals surface area contributed by atoms with Crippen molar-refractivity contribution in [2.45, 2.75) is 39.5 Å². The van der Waals surface area contributed by atoms with Crippen LogP contribution in [0.3, 0.4) is 0 Å². The maximum absolute atomic E-state index is 12.4. The molecule has 0 aliphatic carbocycles. The van der Waals surface area contributed by atoms with Crippen molar-refractivity contribution < 1.29 is 9.59 Å². The topological polar surface area (TPSA) is 113 Å². The van der Waals surface area contributed by atoms with Crippen molar-refractivity contribution >= 4 is 17.6 Å². The van der Waals surface area contributed by atoms with Crippen molar-refractivity contribution in [3.05, 3.63) is 33.9 Å². The van der Waals surface area contributed by atoms with Crippen molar-refractivity contribution in [1.29, 1.82) is 0 Å². The third-order valence-corrected chi connectivity index (χ3v) is 4.26. The second kappa shape index (κ2) is 7.51. The summed E-state index contributed by atoms with van der Waals surface area (Å²) >= 11 is 0. The highest BCUT2D eigenvalue weighted by molar-refractivity contribution is 6.39. The van der Waals surface area contributed by atoms with Gasteiger partial charge in [-0.3, -0.25) is 19.4 Å². The summed E-state index contributed by atoms with van der Waals surface area (Å²) in [5, 5.41) is 6.86. The summed E-state index contributed by atoms with van der Waals surface area (Å²) in [6.45, 7) is 4.83. The van der Waals surface area contributed by atoms with Crippen molar-refractivity contribution in [2.24, 2.45) is 0 Å². The second-order valence-electron chi connectivity index (χ2n) is 6.30. The molecule has 9 nitrogen and oxygen atoms in total. The molecular weight excluding hydrogens is 336 g/mol. The number of aryl methyl sites for hydroxylation is 2. The van der Waals surface area contributed by atoms with E-state index in [1.165, 1.54) is 10.7 Å². The van der Waals surface area contributed by atoms with Gasteiger partial charge in [0, 0.05) is 30.9 Å². The van der Waals surface area contributed by atoms with Gasteiger partial charge < -0.3 is 10.2 Å². The molecule has 0 atom stereocenters. The Hall–Kier alpha value is -2.97. The number of likely N-dealkylation sites (tertiary alicyclic amines) is 1. The number of hydrogen-bond donors (Lipinski definition) is 2. The molecule has 1 saturated heterocycles. The lowest BCUT2D eigenvalue weighted by molar-refractivity contribution is -0.143. The van der Waals surface area contributed by atoms with Crippen molar-refractivity contribution in [1.82, 2.24) is 24.6 Å². The highest BCUT2D eigenvalue weighted by atomic mass is 16.2. The smallest absolute Gasteiger partial charge is 0.315 e. The number of anilines is 1. The van der Waals surface area contributed by atoms with Crippen LogP contribution in [0, 0.1) is 6.92 Å². The molecule has 2 aromatic rings. The van der Waals surface area contributed by atoms with Gasteiger partial charge in [0.2, 0.25) is 5.95 Å². The van der Waals surface area contributed by atoms with Crippen molar-refractivity contribution in [3.63, 3.8) is 0 Å². The number of aromatic nitrogens is 4. The lowest BCUT2D eigenvalue weighted by atomic mass is 10.1. The molecule has 2 amide bonds. The number of H-pyrrole nitrogens is 1. The molecule has 0 unspecified atom stereocenters. The van der Waals surface area contributed by atoms with Crippen LogP contribution >= 0.6 is 0 Å². The van der Waals surface area contributed by atoms with Crippen LogP contribution in [0.1, 0.15) is 37.6 Å². The van der Waals surface area contributed by atoms with E-state index in [2.05, 4.69) is 20.4 Å². The van der Waals surface area contributed by atoms with E-state index in [4.69, 9.17) is 0 Å². The Morgan fingerprint density at radius 1 is 1.23 bits per heavy atom. The third-order valence-electron chi connectivity index (χ3n) is 4.26. The van der Waals surface area contributed by atoms with E-state index in [0.717, 1.165) is 19.3 Å². The number of carbonyl (C=O) groups excluding carboxylic acids is 2. The van der Waals surface area contributed by atoms with Crippen LogP contribution in [-0.4, -0.2) is 49.6 Å². The maximum atomic E-state index is 12.4. The summed E-state index contributed by atoms with van der Waals surface area (Å²) in [7, 11) is 0. The highest BCUT2D eigenvalue weighted by Crippen LogP contribution is 2.15. The Bertz CT molecular complexity index is 879. The normalized spacial score (nSPS) is 14.3. The van der Waals surface area contributed by atoms with Crippen LogP contribution < -0.4 is 10.9 Å². The van der Waals surface area contributed by atoms with Gasteiger partial charge in [0.15, 0.2) is 0 Å². The predicted molar refractivity (Wildman–Crippen MR) is 95.2 cm³/mol. The van der Waals surface area contributed by atoms with Gasteiger partial charge in [0.25, 0.3) is 5.56 Å². The van der Waals surface area contributed by atoms with Gasteiger partial charge in [-0.1, -0.05) is 6.92 Å². The Morgan fingerprint density at radius 2 is 1.96 bits per heavy atom. The first-order chi connectivity index (χ1) is 12.5. The van der Waals surface area contributed by atoms with E-state index in [-0.39, 0.29) is 17.3 Å². The molecule has 2 N–H and O–H groups in total. The monoisotopic (exact) mass is 358 g/mol. The van der Waals surface area contributed by atoms with Crippen LogP contribution in [0.25, 0.3) is 5.95 Å². The molecule has 3 heterocycles. The molecule has 0 bridgehead atoms. The Morgan fingerprint density at radius 3 is 2.65 bits per heavy atom. The van der Waals surface area contributed by atoms with Gasteiger partial charge >= 0.3 is 11.8 Å². The first-order valence-electron chi connectivity index (χ1n) is 8.75. The van der Waals surface area contributed by atoms with E-state index in [1.807, 2.05) is 6.92 Å². The van der Waals surface area contributed by atoms with Crippen LogP contribution in [0.15, 0.2) is 16.9 Å². The zero-order valence-corrected chi connectivity index (χ0v) is 14.9. The van der Waals surface area contributed by atoms with Gasteiger partial charge in [-0.2, -0.15) is 9.78 Å². The van der Waals surface area contributed by atoms with Gasteiger partial charge in [0.1, 0.15) is 5.82 Å². The van der Waals surface area contributed by atoms with E-state index in [9.17, 15) is 14.4 Å². The lowest BCUT2D eigenvalue weighted by Gasteiger charge is -2.25. The minimum absolute atomic E-state index is 0.197. The molecule has 9 heteroatoms. The van der Waals surface area contributed by atoms with E-state index >= 15 is 0 Å². The molecule has 1 aliphatic heterocycles. The van der Waals surface area contributed by atoms with Crippen LogP contribution in [0.5, 0.6) is 0 Å². The minimum Gasteiger partial charge on any atom is -0.334 e. The van der Waals surface area contributed by atoms with Crippen molar-refractivity contribution in [3.8, 4) is 5.95 Å². The van der Waals surface area contributed by atoms with Crippen LogP contribution in [0.2, 0.25) is 0 Å². The SMILES string of the molecule is CCc1cc(=O)[nH]c(-n2nc(C)cc2NC(=O)C(=O)N2CCCCC2)n1. The number of aromatic amines is 1. The summed E-state index contributed by atoms with van der Waals surface area (Å²) in [5.41, 5.74) is 0.926. The largest absolute Gasteiger partial charge is 0.334 e. The molecule has 3 rings (SSSR count). The Kier molecular flexibility index (Phi) is 5.15. The third kappa shape index (κ3) is 3.81. The maximum Gasteiger partial charge on any atom is 0.315 e. The number of carbonyl (C=O) groups is 2. The number of nitrogens with zero attached hydrogens (tertiary/aromatic N) is 4. The second-order valence-corrected chi connectivity index (χ2v) is 6.30. The standard InChI is InChI=1S/C17H22N6O3/c1-3-12-10-14(24)20-17(18-12)23-13(9-11(2)21-23)19-15(25)16(26)22-7-5-4-6-8-22/h9-10H,3-8H2,1-2H3,(H,19,25)(H,18,20,24). The Labute approximate surface area is 150 Å². The molecule has 0 spiro atoms. The summed E-state index contributed by atoms with van der Waals surface area (Å²) < 4.78 is 1.33. The molecule has 0 radical (unpaired) electrons. The first-order valence-corrected chi connectivity index (χ1v) is 8.75. The molecule has 138 valence electrons. The number of hydrogen-bond acceptors (Lipinski definition) is 5. The van der Waals surface area contributed by atoms with Crippen LogP contribution in [-0.2, 0) is 16.0 Å². The zero-order chi connectivity index (χ0) is 18.7. The van der Waals surface area contributed by atoms with Gasteiger partial charge in [0.05, 0.1) is 5.69 Å². The Balaban J connectivity index is 1.85. The van der Waals surface area contributed by atoms with Crippen LogP contribution in [0.4, 0.5) is 5.82 Å². The average molecular weight is 358 g/mol. The quantitative estimate of drug-likeness (QED) is 0.787. The fourth-order valence-electron chi connectivity index (χ4n) is 2.94. The molecule has 2 aromatic heterocycles. The van der Waals surface area contributed by atoms with Gasteiger partial charge in [-0.05, 0) is 32.6 Å². The first kappa shape index (κ1) is 17.8. The highest BCUT2D eigenvalue weighted by Gasteiger charge is 2.25. The summed E-state index contributed by atoms with van der Waals surface area (Å²) in [6, 6.07) is 3.04. The number of rotatable bonds is 3. The predicted octanol–water partition coefficient (Wildman–Crippen LogP) is 0.777. The van der Waals surface area contributed by atoms with E-state index in [1.54, 1.807) is 17.9 Å². The minimum atomic E-state index is -0.720. The number of amides is 2. The molecule has 0 aromatic carbocycles. The van der Waals surface area contributed by atoms with E-state index < -0.39 is 11.8 Å². The number of piperidine rings is 1. The van der Waals surface area contributed by atoms with Gasteiger partial charge in [-0.25, -0.2) is 4.98 Å².